The summed E-state index contributed by atoms with van der Waals surface area (Å²) in [6.45, 7) is 5.57. The summed E-state index contributed by atoms with van der Waals surface area (Å²) in [5.74, 6) is -0.218. The summed E-state index contributed by atoms with van der Waals surface area (Å²) in [5.41, 5.74) is 3.45. The van der Waals surface area contributed by atoms with Crippen molar-refractivity contribution >= 4 is 21.6 Å². The zero-order valence-electron chi connectivity index (χ0n) is 16.0. The van der Waals surface area contributed by atoms with E-state index in [1.165, 1.54) is 6.07 Å². The summed E-state index contributed by atoms with van der Waals surface area (Å²) in [5, 5.41) is 3.00. The molecule has 144 valence electrons. The van der Waals surface area contributed by atoms with E-state index in [1.807, 2.05) is 19.9 Å². The Morgan fingerprint density at radius 3 is 2.22 bits per heavy atom. The number of amides is 1. The number of hydrogen-bond donors (Lipinski definition) is 2. The highest BCUT2D eigenvalue weighted by Crippen LogP contribution is 2.23. The number of aryl methyl sites for hydroxylation is 3. The smallest absolute Gasteiger partial charge is 0.262 e. The number of hydrogen-bond acceptors (Lipinski definition) is 3. The van der Waals surface area contributed by atoms with Gasteiger partial charge in [0.15, 0.2) is 0 Å². The number of rotatable bonds is 5. The predicted molar refractivity (Wildman–Crippen MR) is 108 cm³/mol. The summed E-state index contributed by atoms with van der Waals surface area (Å²) in [6, 6.07) is 10.6. The van der Waals surface area contributed by atoms with Crippen LogP contribution in [-0.4, -0.2) is 20.4 Å². The lowest BCUT2D eigenvalue weighted by Crippen LogP contribution is -2.32. The van der Waals surface area contributed by atoms with Crippen molar-refractivity contribution in [1.82, 2.24) is 5.32 Å². The molecule has 0 unspecified atom stereocenters. The summed E-state index contributed by atoms with van der Waals surface area (Å²) in [4.78, 5) is 12.6. The standard InChI is InChI=1S/C21H26N2O3S/c1-14-10-15(2)12-19(11-14)23-27(25,26)20-13-17(9-8-16(20)3)21(24)22-18-6-4-5-7-18/h8-13,18,23H,4-7H2,1-3H3,(H,22,24). The van der Waals surface area contributed by atoms with Crippen LogP contribution in [0.15, 0.2) is 41.3 Å². The van der Waals surface area contributed by atoms with Gasteiger partial charge in [-0.1, -0.05) is 25.0 Å². The van der Waals surface area contributed by atoms with Gasteiger partial charge in [0.05, 0.1) is 4.90 Å². The zero-order valence-corrected chi connectivity index (χ0v) is 16.8. The molecule has 0 aromatic heterocycles. The molecule has 0 atom stereocenters. The maximum absolute atomic E-state index is 12.9. The van der Waals surface area contributed by atoms with Crippen molar-refractivity contribution in [2.75, 3.05) is 4.72 Å². The first kappa shape index (κ1) is 19.4. The van der Waals surface area contributed by atoms with Gasteiger partial charge in [0.1, 0.15) is 0 Å². The molecule has 0 bridgehead atoms. The molecule has 1 aliphatic carbocycles. The van der Waals surface area contributed by atoms with E-state index in [2.05, 4.69) is 10.0 Å². The zero-order chi connectivity index (χ0) is 19.6. The van der Waals surface area contributed by atoms with E-state index in [0.717, 1.165) is 36.8 Å². The van der Waals surface area contributed by atoms with Crippen molar-refractivity contribution in [3.8, 4) is 0 Å². The predicted octanol–water partition coefficient (Wildman–Crippen LogP) is 4.09. The molecule has 2 aromatic carbocycles. The van der Waals surface area contributed by atoms with Crippen LogP contribution >= 0.6 is 0 Å². The van der Waals surface area contributed by atoms with Crippen molar-refractivity contribution in [2.24, 2.45) is 0 Å². The van der Waals surface area contributed by atoms with E-state index in [1.54, 1.807) is 31.2 Å². The minimum atomic E-state index is -3.79. The van der Waals surface area contributed by atoms with Crippen LogP contribution in [0.5, 0.6) is 0 Å². The van der Waals surface area contributed by atoms with Crippen LogP contribution < -0.4 is 10.0 Å². The van der Waals surface area contributed by atoms with E-state index in [4.69, 9.17) is 0 Å². The Bertz CT molecular complexity index is 941. The summed E-state index contributed by atoms with van der Waals surface area (Å²) in [6.07, 6.45) is 4.21. The van der Waals surface area contributed by atoms with E-state index in [9.17, 15) is 13.2 Å². The number of sulfonamides is 1. The Balaban J connectivity index is 1.86. The molecule has 0 radical (unpaired) electrons. The van der Waals surface area contributed by atoms with E-state index < -0.39 is 10.0 Å². The monoisotopic (exact) mass is 386 g/mol. The van der Waals surface area contributed by atoms with Gasteiger partial charge in [-0.3, -0.25) is 9.52 Å². The average molecular weight is 387 g/mol. The molecule has 1 aliphatic rings. The van der Waals surface area contributed by atoms with Crippen molar-refractivity contribution in [1.29, 1.82) is 0 Å². The normalized spacial score (nSPS) is 14.9. The van der Waals surface area contributed by atoms with Gasteiger partial charge >= 0.3 is 0 Å². The van der Waals surface area contributed by atoms with Crippen molar-refractivity contribution in [3.63, 3.8) is 0 Å². The summed E-state index contributed by atoms with van der Waals surface area (Å²) >= 11 is 0. The van der Waals surface area contributed by atoms with Gasteiger partial charge in [-0.15, -0.1) is 0 Å². The third kappa shape index (κ3) is 4.69. The minimum Gasteiger partial charge on any atom is -0.349 e. The van der Waals surface area contributed by atoms with Gasteiger partial charge in [0.25, 0.3) is 15.9 Å². The average Bonchev–Trinajstić information content (AvgIpc) is 3.06. The molecule has 2 N–H and O–H groups in total. The lowest BCUT2D eigenvalue weighted by atomic mass is 10.1. The lowest BCUT2D eigenvalue weighted by Gasteiger charge is -2.15. The maximum Gasteiger partial charge on any atom is 0.262 e. The summed E-state index contributed by atoms with van der Waals surface area (Å²) < 4.78 is 28.5. The minimum absolute atomic E-state index is 0.126. The van der Waals surface area contributed by atoms with Crippen LogP contribution in [0.25, 0.3) is 0 Å². The van der Waals surface area contributed by atoms with Crippen LogP contribution in [0, 0.1) is 20.8 Å². The fraction of sp³-hybridized carbons (Fsp3) is 0.381. The van der Waals surface area contributed by atoms with Gasteiger partial charge in [-0.2, -0.15) is 0 Å². The number of anilines is 1. The first-order valence-electron chi connectivity index (χ1n) is 9.27. The van der Waals surface area contributed by atoms with Crippen LogP contribution in [0.3, 0.4) is 0 Å². The second-order valence-electron chi connectivity index (χ2n) is 7.42. The van der Waals surface area contributed by atoms with E-state index >= 15 is 0 Å². The Morgan fingerprint density at radius 2 is 1.59 bits per heavy atom. The Morgan fingerprint density at radius 1 is 0.963 bits per heavy atom. The van der Waals surface area contributed by atoms with Crippen LogP contribution in [-0.2, 0) is 10.0 Å². The Kier molecular flexibility index (Phi) is 5.56. The molecule has 1 saturated carbocycles. The van der Waals surface area contributed by atoms with Gasteiger partial charge in [0.2, 0.25) is 0 Å². The van der Waals surface area contributed by atoms with Gasteiger partial charge in [0, 0.05) is 17.3 Å². The molecule has 3 rings (SSSR count). The first-order valence-corrected chi connectivity index (χ1v) is 10.8. The molecule has 0 aliphatic heterocycles. The quantitative estimate of drug-likeness (QED) is 0.813. The number of nitrogens with one attached hydrogen (secondary N) is 2. The molecule has 1 amide bonds. The molecule has 27 heavy (non-hydrogen) atoms. The Labute approximate surface area is 161 Å². The number of carbonyl (C=O) groups is 1. The fourth-order valence-corrected chi connectivity index (χ4v) is 4.93. The van der Waals surface area contributed by atoms with Crippen LogP contribution in [0.4, 0.5) is 5.69 Å². The van der Waals surface area contributed by atoms with Gasteiger partial charge in [-0.25, -0.2) is 8.42 Å². The van der Waals surface area contributed by atoms with Crippen molar-refractivity contribution in [2.45, 2.75) is 57.4 Å². The molecule has 2 aromatic rings. The topological polar surface area (TPSA) is 75.3 Å². The third-order valence-electron chi connectivity index (χ3n) is 4.90. The molecule has 6 heteroatoms. The second-order valence-corrected chi connectivity index (χ2v) is 9.07. The maximum atomic E-state index is 12.9. The molecule has 1 fully saturated rings. The fourth-order valence-electron chi connectivity index (χ4n) is 3.61. The highest BCUT2D eigenvalue weighted by atomic mass is 32.2. The SMILES string of the molecule is Cc1cc(C)cc(NS(=O)(=O)c2cc(C(=O)NC3CCCC3)ccc2C)c1. The highest BCUT2D eigenvalue weighted by molar-refractivity contribution is 7.92. The van der Waals surface area contributed by atoms with E-state index in [-0.39, 0.29) is 16.8 Å². The first-order chi connectivity index (χ1) is 12.7. The molecule has 0 heterocycles. The molecular formula is C21H26N2O3S. The van der Waals surface area contributed by atoms with Crippen LogP contribution in [0.2, 0.25) is 0 Å². The van der Waals surface area contributed by atoms with Crippen LogP contribution in [0.1, 0.15) is 52.7 Å². The largest absolute Gasteiger partial charge is 0.349 e. The molecule has 0 saturated heterocycles. The van der Waals surface area contributed by atoms with Crippen molar-refractivity contribution < 1.29 is 13.2 Å². The molecule has 0 spiro atoms. The lowest BCUT2D eigenvalue weighted by molar-refractivity contribution is 0.0937. The Hall–Kier alpha value is -2.34. The van der Waals surface area contributed by atoms with Gasteiger partial charge in [-0.05, 0) is 74.6 Å². The third-order valence-corrected chi connectivity index (χ3v) is 6.43. The highest BCUT2D eigenvalue weighted by Gasteiger charge is 2.22. The van der Waals surface area contributed by atoms with Crippen molar-refractivity contribution in [3.05, 3.63) is 58.7 Å². The molecule has 5 nitrogen and oxygen atoms in total. The van der Waals surface area contributed by atoms with E-state index in [0.29, 0.717) is 16.8 Å². The summed E-state index contributed by atoms with van der Waals surface area (Å²) in [7, 11) is -3.79. The van der Waals surface area contributed by atoms with Gasteiger partial charge < -0.3 is 5.32 Å². The number of benzene rings is 2. The number of carbonyl (C=O) groups excluding carboxylic acids is 1. The molecular weight excluding hydrogens is 360 g/mol. The second kappa shape index (κ2) is 7.72.